The molecule has 7 nitrogen and oxygen atoms in total. The van der Waals surface area contributed by atoms with Gasteiger partial charge in [0.1, 0.15) is 5.75 Å². The van der Waals surface area contributed by atoms with Gasteiger partial charge < -0.3 is 14.6 Å². The Bertz CT molecular complexity index is 1600. The van der Waals surface area contributed by atoms with Crippen LogP contribution in [0.25, 0.3) is 0 Å². The quantitative estimate of drug-likeness (QED) is 0.117. The zero-order chi connectivity index (χ0) is 31.9. The average Bonchev–Trinajstić information content (AvgIpc) is 3.43. The minimum absolute atomic E-state index is 0.0330. The van der Waals surface area contributed by atoms with Gasteiger partial charge in [0.15, 0.2) is 11.6 Å². The summed E-state index contributed by atoms with van der Waals surface area (Å²) < 4.78 is 52.0. The predicted octanol–water partition coefficient (Wildman–Crippen LogP) is 6.55. The highest BCUT2D eigenvalue weighted by atomic mass is 79.9. The number of halogens is 4. The summed E-state index contributed by atoms with van der Waals surface area (Å²) in [5, 5.41) is 9.02. The number of rotatable bonds is 12. The Kier molecular flexibility index (Phi) is 10.2. The van der Waals surface area contributed by atoms with Gasteiger partial charge in [0.25, 0.3) is 5.91 Å². The molecule has 4 aromatic rings. The monoisotopic (exact) mass is 681 g/mol. The van der Waals surface area contributed by atoms with Crippen LogP contribution < -0.4 is 15.6 Å². The van der Waals surface area contributed by atoms with Crippen LogP contribution in [-0.2, 0) is 28.7 Å². The number of hydrazine groups is 1. The van der Waals surface area contributed by atoms with E-state index < -0.39 is 29.3 Å². The van der Waals surface area contributed by atoms with Crippen LogP contribution in [0, 0.1) is 0 Å². The Morgan fingerprint density at radius 2 is 1.60 bits per heavy atom. The van der Waals surface area contributed by atoms with E-state index in [0.717, 1.165) is 27.7 Å². The van der Waals surface area contributed by atoms with Crippen LogP contribution in [0.3, 0.4) is 0 Å². The molecule has 11 heteroatoms. The first kappa shape index (κ1) is 32.2. The molecule has 0 saturated carbocycles. The van der Waals surface area contributed by atoms with Crippen LogP contribution in [0.15, 0.2) is 113 Å². The molecule has 234 valence electrons. The van der Waals surface area contributed by atoms with Crippen LogP contribution >= 0.6 is 15.9 Å². The lowest BCUT2D eigenvalue weighted by Gasteiger charge is -2.31. The van der Waals surface area contributed by atoms with Crippen molar-refractivity contribution in [3.8, 4) is 5.75 Å². The second-order valence-corrected chi connectivity index (χ2v) is 11.4. The van der Waals surface area contributed by atoms with Crippen molar-refractivity contribution in [1.82, 2.24) is 10.9 Å². The smallest absolute Gasteiger partial charge is 0.416 e. The van der Waals surface area contributed by atoms with E-state index in [9.17, 15) is 18.0 Å². The van der Waals surface area contributed by atoms with Gasteiger partial charge in [-0.25, -0.2) is 10.4 Å². The summed E-state index contributed by atoms with van der Waals surface area (Å²) in [5.41, 5.74) is 6.21. The molecule has 5 rings (SSSR count). The Balaban J connectivity index is 1.46. The number of carbonyl (C=O) groups is 1. The third-order valence-electron chi connectivity index (χ3n) is 7.29. The molecular weight excluding hydrogens is 651 g/mol. The Morgan fingerprint density at radius 1 is 0.933 bits per heavy atom. The summed E-state index contributed by atoms with van der Waals surface area (Å²) in [6.45, 7) is 0.494. The lowest BCUT2D eigenvalue weighted by Crippen LogP contribution is -2.53. The first-order valence-electron chi connectivity index (χ1n) is 14.3. The van der Waals surface area contributed by atoms with E-state index in [1.165, 1.54) is 12.1 Å². The number of ether oxygens (including phenoxy) is 2. The number of hydrogen-bond donors (Lipinski definition) is 3. The number of aliphatic hydroxyl groups excluding tert-OH is 1. The van der Waals surface area contributed by atoms with Crippen molar-refractivity contribution in [2.24, 2.45) is 4.99 Å². The first-order valence-corrected chi connectivity index (χ1v) is 15.1. The van der Waals surface area contributed by atoms with Crippen molar-refractivity contribution in [3.63, 3.8) is 0 Å². The lowest BCUT2D eigenvalue weighted by molar-refractivity contribution is -0.137. The van der Waals surface area contributed by atoms with Gasteiger partial charge in [-0.05, 0) is 65.2 Å². The normalized spacial score (nSPS) is 17.8. The number of aliphatic imine (C=N–C) groups is 1. The Morgan fingerprint density at radius 3 is 2.24 bits per heavy atom. The minimum Gasteiger partial charge on any atom is -0.494 e. The van der Waals surface area contributed by atoms with E-state index in [2.05, 4.69) is 26.8 Å². The molecule has 1 heterocycles. The van der Waals surface area contributed by atoms with Crippen molar-refractivity contribution in [1.29, 1.82) is 0 Å². The molecular formula is C34H31BrF3N3O4. The average molecular weight is 683 g/mol. The van der Waals surface area contributed by atoms with E-state index in [-0.39, 0.29) is 25.5 Å². The van der Waals surface area contributed by atoms with Crippen molar-refractivity contribution >= 4 is 27.7 Å². The predicted molar refractivity (Wildman–Crippen MR) is 167 cm³/mol. The summed E-state index contributed by atoms with van der Waals surface area (Å²) in [6, 6.07) is 28.8. The summed E-state index contributed by atoms with van der Waals surface area (Å²) in [5.74, 6) is 0.433. The lowest BCUT2D eigenvalue weighted by atomic mass is 9.82. The molecule has 0 spiro atoms. The van der Waals surface area contributed by atoms with Crippen LogP contribution in [0.5, 0.6) is 5.75 Å². The Labute approximate surface area is 267 Å². The van der Waals surface area contributed by atoms with Crippen molar-refractivity contribution in [3.05, 3.63) is 135 Å². The standard InChI is InChI=1S/C34H31BrF3N3O4/c35-28-15-9-23(10-16-28)21-33(32(43)41-39-22-24-7-13-27(14-8-24)34(36,37)38)30(25-5-2-1-3-6-25)45-31(40-33)26-11-17-29(18-12-26)44-20-4-19-42/h1-3,5-18,30,39,42H,4,19-22H2,(H,41,43)/t30-,33-/m0/s1. The van der Waals surface area contributed by atoms with E-state index in [0.29, 0.717) is 29.9 Å². The number of nitrogens with zero attached hydrogens (tertiary/aromatic N) is 1. The van der Waals surface area contributed by atoms with Gasteiger partial charge in [0, 0.05) is 36.0 Å². The van der Waals surface area contributed by atoms with Crippen LogP contribution in [-0.4, -0.2) is 35.7 Å². The number of hydrogen-bond acceptors (Lipinski definition) is 6. The highest BCUT2D eigenvalue weighted by Crippen LogP contribution is 2.42. The molecule has 0 radical (unpaired) electrons. The van der Waals surface area contributed by atoms with Gasteiger partial charge in [-0.3, -0.25) is 10.2 Å². The number of carbonyl (C=O) groups excluding carboxylic acids is 1. The van der Waals surface area contributed by atoms with Gasteiger partial charge in [-0.1, -0.05) is 70.5 Å². The molecule has 45 heavy (non-hydrogen) atoms. The molecule has 0 saturated heterocycles. The fourth-order valence-corrected chi connectivity index (χ4v) is 5.23. The summed E-state index contributed by atoms with van der Waals surface area (Å²) >= 11 is 3.46. The zero-order valence-corrected chi connectivity index (χ0v) is 25.6. The third-order valence-corrected chi connectivity index (χ3v) is 7.82. The molecule has 4 aromatic carbocycles. The Hall–Kier alpha value is -4.19. The number of aliphatic hydroxyl groups is 1. The van der Waals surface area contributed by atoms with Gasteiger partial charge in [0.2, 0.25) is 5.90 Å². The summed E-state index contributed by atoms with van der Waals surface area (Å²) in [4.78, 5) is 19.2. The molecule has 1 aliphatic rings. The molecule has 0 aromatic heterocycles. The zero-order valence-electron chi connectivity index (χ0n) is 24.1. The largest absolute Gasteiger partial charge is 0.494 e. The molecule has 2 atom stereocenters. The molecule has 1 amide bonds. The van der Waals surface area contributed by atoms with Crippen molar-refractivity contribution < 1.29 is 32.5 Å². The maximum Gasteiger partial charge on any atom is 0.416 e. The van der Waals surface area contributed by atoms with Crippen molar-refractivity contribution in [2.45, 2.75) is 37.2 Å². The molecule has 0 bridgehead atoms. The number of alkyl halides is 3. The maximum atomic E-state index is 14.2. The molecule has 3 N–H and O–H groups in total. The highest BCUT2D eigenvalue weighted by molar-refractivity contribution is 9.10. The topological polar surface area (TPSA) is 92.2 Å². The van der Waals surface area contributed by atoms with Gasteiger partial charge in [0.05, 0.1) is 12.2 Å². The maximum absolute atomic E-state index is 14.2. The second-order valence-electron chi connectivity index (χ2n) is 10.5. The fourth-order valence-electron chi connectivity index (χ4n) is 4.97. The van der Waals surface area contributed by atoms with E-state index >= 15 is 0 Å². The number of amides is 1. The SMILES string of the molecule is O=C(NNCc1ccc(C(F)(F)F)cc1)[C@@]1(Cc2ccc(Br)cc2)N=C(c2ccc(OCCCO)cc2)O[C@H]1c1ccccc1. The molecule has 0 fully saturated rings. The van der Waals surface area contributed by atoms with E-state index in [4.69, 9.17) is 19.6 Å². The minimum atomic E-state index is -4.43. The van der Waals surface area contributed by atoms with Crippen LogP contribution in [0.2, 0.25) is 0 Å². The third kappa shape index (κ3) is 7.91. The fraction of sp³-hybridized carbons (Fsp3) is 0.235. The summed E-state index contributed by atoms with van der Waals surface area (Å²) in [6.07, 6.45) is -4.53. The second kappa shape index (κ2) is 14.3. The highest BCUT2D eigenvalue weighted by Gasteiger charge is 2.53. The molecule has 0 aliphatic carbocycles. The molecule has 1 aliphatic heterocycles. The van der Waals surface area contributed by atoms with Gasteiger partial charge in [-0.15, -0.1) is 0 Å². The van der Waals surface area contributed by atoms with Gasteiger partial charge >= 0.3 is 6.18 Å². The van der Waals surface area contributed by atoms with Crippen LogP contribution in [0.1, 0.15) is 40.3 Å². The first-order chi connectivity index (χ1) is 21.7. The molecule has 0 unspecified atom stereocenters. The van der Waals surface area contributed by atoms with E-state index in [1.54, 1.807) is 24.3 Å². The number of nitrogens with one attached hydrogen (secondary N) is 2. The summed E-state index contributed by atoms with van der Waals surface area (Å²) in [7, 11) is 0. The number of benzene rings is 4. The van der Waals surface area contributed by atoms with Gasteiger partial charge in [-0.2, -0.15) is 13.2 Å². The van der Waals surface area contributed by atoms with E-state index in [1.807, 2.05) is 54.6 Å². The van der Waals surface area contributed by atoms with Crippen LogP contribution in [0.4, 0.5) is 13.2 Å². The van der Waals surface area contributed by atoms with Crippen molar-refractivity contribution in [2.75, 3.05) is 13.2 Å².